The molecule has 0 aliphatic rings. The first kappa shape index (κ1) is 30.0. The van der Waals surface area contributed by atoms with Gasteiger partial charge in [0.15, 0.2) is 5.15 Å². The highest BCUT2D eigenvalue weighted by Crippen LogP contribution is 2.28. The first-order valence-electron chi connectivity index (χ1n) is 11.7. The van der Waals surface area contributed by atoms with Crippen LogP contribution < -0.4 is 10.0 Å². The Bertz CT molecular complexity index is 1440. The molecule has 1 heterocycles. The van der Waals surface area contributed by atoms with Crippen LogP contribution in [0, 0.1) is 0 Å². The molecule has 2 N–H and O–H groups in total. The number of ether oxygens (including phenoxy) is 1. The lowest BCUT2D eigenvalue weighted by Gasteiger charge is -2.15. The van der Waals surface area contributed by atoms with Gasteiger partial charge in [-0.3, -0.25) is 14.3 Å². The maximum absolute atomic E-state index is 12.8. The van der Waals surface area contributed by atoms with E-state index in [1.807, 2.05) is 11.5 Å². The molecule has 2 aromatic carbocycles. The highest BCUT2D eigenvalue weighted by Gasteiger charge is 2.46. The second-order valence-electron chi connectivity index (χ2n) is 8.46. The first-order valence-corrected chi connectivity index (χ1v) is 13.6. The number of halogens is 4. The summed E-state index contributed by atoms with van der Waals surface area (Å²) in [5.74, 6) is -0.557. The first-order chi connectivity index (χ1) is 18.4. The van der Waals surface area contributed by atoms with E-state index in [2.05, 4.69) is 10.3 Å². The molecule has 0 fully saturated rings. The predicted molar refractivity (Wildman–Crippen MR) is 140 cm³/mol. The van der Waals surface area contributed by atoms with Crippen molar-refractivity contribution in [1.29, 1.82) is 0 Å². The van der Waals surface area contributed by atoms with Crippen molar-refractivity contribution in [3.05, 3.63) is 76.3 Å². The number of aryl methyl sites for hydroxylation is 1. The van der Waals surface area contributed by atoms with Crippen molar-refractivity contribution in [3.8, 4) is 0 Å². The molecule has 39 heavy (non-hydrogen) atoms. The van der Waals surface area contributed by atoms with Crippen molar-refractivity contribution < 1.29 is 35.9 Å². The minimum Gasteiger partial charge on any atom is -0.469 e. The van der Waals surface area contributed by atoms with Gasteiger partial charge in [0.1, 0.15) is 5.82 Å². The topological polar surface area (TPSA) is 119 Å². The van der Waals surface area contributed by atoms with Gasteiger partial charge in [-0.1, -0.05) is 49.2 Å². The van der Waals surface area contributed by atoms with Gasteiger partial charge in [0.25, 0.3) is 5.91 Å². The van der Waals surface area contributed by atoms with Crippen LogP contribution in [0.2, 0.25) is 5.15 Å². The van der Waals surface area contributed by atoms with E-state index in [0.29, 0.717) is 24.3 Å². The van der Waals surface area contributed by atoms with Crippen molar-refractivity contribution in [2.24, 2.45) is 0 Å². The summed E-state index contributed by atoms with van der Waals surface area (Å²) in [7, 11) is -4.43. The average Bonchev–Trinajstić information content (AvgIpc) is 3.16. The lowest BCUT2D eigenvalue weighted by atomic mass is 10.1. The second-order valence-corrected chi connectivity index (χ2v) is 10.5. The summed E-state index contributed by atoms with van der Waals surface area (Å²) in [6.45, 7) is 2.38. The third-order valence-corrected chi connectivity index (χ3v) is 7.07. The molecule has 3 rings (SSSR count). The van der Waals surface area contributed by atoms with Gasteiger partial charge in [-0.05, 0) is 36.2 Å². The molecule has 1 aromatic heterocycles. The summed E-state index contributed by atoms with van der Waals surface area (Å²) in [5.41, 5.74) is -4.72. The number of para-hydroxylation sites is 1. The molecule has 0 atom stereocenters. The fraction of sp³-hybridized carbons (Fsp3) is 0.320. The van der Waals surface area contributed by atoms with Crippen molar-refractivity contribution in [2.75, 3.05) is 17.1 Å². The van der Waals surface area contributed by atoms with E-state index in [0.717, 1.165) is 30.3 Å². The zero-order valence-electron chi connectivity index (χ0n) is 21.0. The smallest absolute Gasteiger partial charge is 0.469 e. The quantitative estimate of drug-likeness (QED) is 0.300. The summed E-state index contributed by atoms with van der Waals surface area (Å²) in [6, 6.07) is 11.5. The van der Waals surface area contributed by atoms with Crippen molar-refractivity contribution >= 4 is 44.9 Å². The molecule has 0 unspecified atom stereocenters. The zero-order chi connectivity index (χ0) is 28.8. The van der Waals surface area contributed by atoms with E-state index in [-0.39, 0.29) is 17.1 Å². The van der Waals surface area contributed by atoms with Crippen LogP contribution >= 0.6 is 11.6 Å². The van der Waals surface area contributed by atoms with E-state index >= 15 is 0 Å². The SMILES string of the molecule is CCCCc1nc(Cl)c(CC(=O)OC)n1Cc1ccc(NC(=O)c2ccccc2NS(=O)(=O)C(F)(F)F)cc1. The van der Waals surface area contributed by atoms with Crippen LogP contribution in [0.1, 0.15) is 47.2 Å². The number of anilines is 2. The van der Waals surface area contributed by atoms with Crippen LogP contribution in [0.3, 0.4) is 0 Å². The average molecular weight is 587 g/mol. The third kappa shape index (κ3) is 7.51. The summed E-state index contributed by atoms with van der Waals surface area (Å²) in [6.07, 6.45) is 2.41. The molecule has 0 saturated heterocycles. The molecule has 0 saturated carbocycles. The Balaban J connectivity index is 1.80. The lowest BCUT2D eigenvalue weighted by Crippen LogP contribution is -2.30. The molecule has 3 aromatic rings. The number of imidazole rings is 1. The number of methoxy groups -OCH3 is 1. The van der Waals surface area contributed by atoms with Gasteiger partial charge in [0.05, 0.1) is 30.5 Å². The van der Waals surface area contributed by atoms with Crippen LogP contribution in [-0.2, 0) is 38.9 Å². The number of nitrogens with one attached hydrogen (secondary N) is 2. The molecule has 14 heteroatoms. The molecule has 0 aliphatic carbocycles. The van der Waals surface area contributed by atoms with Gasteiger partial charge in [0, 0.05) is 18.7 Å². The Morgan fingerprint density at radius 1 is 1.10 bits per heavy atom. The molecule has 1 amide bonds. The zero-order valence-corrected chi connectivity index (χ0v) is 22.6. The maximum Gasteiger partial charge on any atom is 0.516 e. The minimum atomic E-state index is -5.71. The molecular weight excluding hydrogens is 561 g/mol. The number of sulfonamides is 1. The fourth-order valence-electron chi connectivity index (χ4n) is 3.64. The number of benzene rings is 2. The molecule has 0 spiro atoms. The Hall–Kier alpha value is -3.58. The number of alkyl halides is 3. The molecule has 0 aliphatic heterocycles. The lowest BCUT2D eigenvalue weighted by molar-refractivity contribution is -0.139. The Morgan fingerprint density at radius 3 is 2.38 bits per heavy atom. The number of carbonyl (C=O) groups is 2. The normalized spacial score (nSPS) is 11.7. The van der Waals surface area contributed by atoms with Crippen molar-refractivity contribution in [2.45, 2.75) is 44.7 Å². The number of nitrogens with zero attached hydrogens (tertiary/aromatic N) is 2. The number of unbranched alkanes of at least 4 members (excludes halogenated alkanes) is 1. The number of carbonyl (C=O) groups excluding carboxylic acids is 2. The Kier molecular flexibility index (Phi) is 9.62. The van der Waals surface area contributed by atoms with Gasteiger partial charge in [-0.2, -0.15) is 21.6 Å². The molecule has 0 bridgehead atoms. The van der Waals surface area contributed by atoms with E-state index < -0.39 is 33.1 Å². The van der Waals surface area contributed by atoms with E-state index in [9.17, 15) is 31.2 Å². The largest absolute Gasteiger partial charge is 0.516 e. The van der Waals surface area contributed by atoms with Crippen LogP contribution in [0.4, 0.5) is 24.5 Å². The number of amides is 1. The number of aromatic nitrogens is 2. The van der Waals surface area contributed by atoms with Crippen LogP contribution in [0.25, 0.3) is 0 Å². The van der Waals surface area contributed by atoms with Crippen LogP contribution in [0.15, 0.2) is 48.5 Å². The summed E-state index contributed by atoms with van der Waals surface area (Å²) >= 11 is 6.32. The Labute approximate surface area is 228 Å². The highest BCUT2D eigenvalue weighted by atomic mass is 35.5. The fourth-order valence-corrected chi connectivity index (χ4v) is 4.49. The molecule has 9 nitrogen and oxygen atoms in total. The number of hydrogen-bond donors (Lipinski definition) is 2. The van der Waals surface area contributed by atoms with Crippen LogP contribution in [-0.4, -0.2) is 42.5 Å². The third-order valence-electron chi connectivity index (χ3n) is 5.67. The van der Waals surface area contributed by atoms with Crippen LogP contribution in [0.5, 0.6) is 0 Å². The van der Waals surface area contributed by atoms with Gasteiger partial charge in [-0.15, -0.1) is 0 Å². The second kappa shape index (κ2) is 12.5. The summed E-state index contributed by atoms with van der Waals surface area (Å²) in [4.78, 5) is 29.1. The monoisotopic (exact) mass is 586 g/mol. The van der Waals surface area contributed by atoms with Gasteiger partial charge >= 0.3 is 21.5 Å². The highest BCUT2D eigenvalue weighted by molar-refractivity contribution is 7.93. The van der Waals surface area contributed by atoms with Gasteiger partial charge in [0.2, 0.25) is 0 Å². The molecule has 210 valence electrons. The molecule has 0 radical (unpaired) electrons. The Morgan fingerprint density at radius 2 is 1.77 bits per heavy atom. The van der Waals surface area contributed by atoms with E-state index in [4.69, 9.17) is 16.3 Å². The standard InChI is InChI=1S/C25H26ClF3N4O5S/c1-3-4-9-21-31-23(26)20(14-22(34)38-2)33(21)15-16-10-12-17(13-11-16)30-24(35)18-7-5-6-8-19(18)32-39(36,37)25(27,28)29/h5-8,10-13,32H,3-4,9,14-15H2,1-2H3,(H,30,35). The number of esters is 1. The summed E-state index contributed by atoms with van der Waals surface area (Å²) < 4.78 is 69.5. The summed E-state index contributed by atoms with van der Waals surface area (Å²) in [5, 5.41) is 2.76. The van der Waals surface area contributed by atoms with Gasteiger partial charge < -0.3 is 14.6 Å². The predicted octanol–water partition coefficient (Wildman–Crippen LogP) is 5.16. The minimum absolute atomic E-state index is 0.0555. The maximum atomic E-state index is 12.8. The van der Waals surface area contributed by atoms with E-state index in [1.54, 1.807) is 24.3 Å². The van der Waals surface area contributed by atoms with Crippen molar-refractivity contribution in [3.63, 3.8) is 0 Å². The molecular formula is C25H26ClF3N4O5S. The van der Waals surface area contributed by atoms with Crippen molar-refractivity contribution in [1.82, 2.24) is 9.55 Å². The number of rotatable bonds is 11. The van der Waals surface area contributed by atoms with E-state index in [1.165, 1.54) is 30.0 Å². The number of hydrogen-bond acceptors (Lipinski definition) is 6. The van der Waals surface area contributed by atoms with Gasteiger partial charge in [-0.25, -0.2) is 4.98 Å².